The van der Waals surface area contributed by atoms with Gasteiger partial charge in [-0.15, -0.1) is 0 Å². The molecule has 1 heterocycles. The lowest BCUT2D eigenvalue weighted by Crippen LogP contribution is -2.33. The first-order valence-electron chi connectivity index (χ1n) is 10.8. The van der Waals surface area contributed by atoms with Crippen molar-refractivity contribution in [3.8, 4) is 22.6 Å². The van der Waals surface area contributed by atoms with Gasteiger partial charge in [-0.25, -0.2) is 0 Å². The van der Waals surface area contributed by atoms with E-state index in [2.05, 4.69) is 17.9 Å². The molecule has 4 heteroatoms. The third kappa shape index (κ3) is 5.60. The van der Waals surface area contributed by atoms with Crippen molar-refractivity contribution in [3.63, 3.8) is 0 Å². The molecular weight excluding hydrogens is 362 g/mol. The Morgan fingerprint density at radius 2 is 1.86 bits per heavy atom. The number of carbonyl (C=O) groups is 1. The molecule has 0 spiro atoms. The molecule has 0 aromatic heterocycles. The van der Waals surface area contributed by atoms with Crippen LogP contribution in [0.25, 0.3) is 11.1 Å². The lowest BCUT2D eigenvalue weighted by Gasteiger charge is -2.26. The average Bonchev–Trinajstić information content (AvgIpc) is 2.75. The van der Waals surface area contributed by atoms with Gasteiger partial charge in [-0.2, -0.15) is 0 Å². The number of aryl methyl sites for hydroxylation is 1. The van der Waals surface area contributed by atoms with E-state index in [4.69, 9.17) is 9.47 Å². The zero-order valence-electron chi connectivity index (χ0n) is 18.0. The van der Waals surface area contributed by atoms with Crippen LogP contribution in [0.4, 0.5) is 0 Å². The smallest absolute Gasteiger partial charge is 0.162 e. The van der Waals surface area contributed by atoms with Crippen LogP contribution in [-0.2, 0) is 0 Å². The molecule has 1 saturated heterocycles. The number of likely N-dealkylation sites (tertiary alicyclic amines) is 1. The first-order valence-corrected chi connectivity index (χ1v) is 10.8. The minimum absolute atomic E-state index is 0.183. The summed E-state index contributed by atoms with van der Waals surface area (Å²) in [5.41, 5.74) is 3.81. The molecule has 0 amide bonds. The summed E-state index contributed by atoms with van der Waals surface area (Å²) < 4.78 is 11.8. The van der Waals surface area contributed by atoms with E-state index in [0.29, 0.717) is 13.0 Å². The number of carbonyl (C=O) groups excluding carboxylic acids is 1. The zero-order chi connectivity index (χ0) is 20.6. The molecule has 1 fully saturated rings. The second-order valence-electron chi connectivity index (χ2n) is 7.82. The fourth-order valence-corrected chi connectivity index (χ4v) is 3.92. The normalized spacial score (nSPS) is 14.6. The number of piperidine rings is 1. The molecule has 1 aliphatic rings. The Hall–Kier alpha value is -2.33. The van der Waals surface area contributed by atoms with Crippen LogP contribution in [-0.4, -0.2) is 44.0 Å². The lowest BCUT2D eigenvalue weighted by atomic mass is 9.97. The summed E-state index contributed by atoms with van der Waals surface area (Å²) in [5.74, 6) is 1.81. The first kappa shape index (κ1) is 21.4. The molecule has 1 aliphatic heterocycles. The van der Waals surface area contributed by atoms with E-state index in [9.17, 15) is 4.79 Å². The Morgan fingerprint density at radius 3 is 2.59 bits per heavy atom. The summed E-state index contributed by atoms with van der Waals surface area (Å²) in [5, 5.41) is 0. The number of hydrogen-bond acceptors (Lipinski definition) is 4. The van der Waals surface area contributed by atoms with Crippen LogP contribution < -0.4 is 9.47 Å². The summed E-state index contributed by atoms with van der Waals surface area (Å²) in [6, 6.07) is 11.9. The average molecular weight is 396 g/mol. The summed E-state index contributed by atoms with van der Waals surface area (Å²) in [6.45, 7) is 8.09. The Morgan fingerprint density at radius 1 is 1.07 bits per heavy atom. The van der Waals surface area contributed by atoms with Crippen LogP contribution in [0.3, 0.4) is 0 Å². The molecule has 156 valence electrons. The molecule has 0 unspecified atom stereocenters. The maximum atomic E-state index is 12.3. The highest BCUT2D eigenvalue weighted by Gasteiger charge is 2.14. The number of benzene rings is 2. The third-order valence-electron chi connectivity index (χ3n) is 5.58. The van der Waals surface area contributed by atoms with Gasteiger partial charge in [0, 0.05) is 30.2 Å². The molecule has 0 saturated carbocycles. The van der Waals surface area contributed by atoms with Gasteiger partial charge in [-0.05, 0) is 62.5 Å². The molecule has 3 rings (SSSR count). The number of ether oxygens (including phenoxy) is 2. The standard InChI is InChI=1S/C25H33NO3/c1-4-9-23(27)21-11-8-10-20(17-21)22-16-19(2)24(18-25(22)28-3)29-15-14-26-12-6-5-7-13-26/h8,10-11,16-18H,4-7,9,12-15H2,1-3H3. The number of ketones is 1. The largest absolute Gasteiger partial charge is 0.496 e. The second kappa shape index (κ2) is 10.4. The van der Waals surface area contributed by atoms with E-state index in [0.717, 1.165) is 46.7 Å². The highest BCUT2D eigenvalue weighted by Crippen LogP contribution is 2.36. The van der Waals surface area contributed by atoms with Crippen LogP contribution in [0, 0.1) is 6.92 Å². The second-order valence-corrected chi connectivity index (χ2v) is 7.82. The van der Waals surface area contributed by atoms with Gasteiger partial charge in [-0.3, -0.25) is 9.69 Å². The molecule has 4 nitrogen and oxygen atoms in total. The van der Waals surface area contributed by atoms with Crippen molar-refractivity contribution in [2.24, 2.45) is 0 Å². The van der Waals surface area contributed by atoms with Gasteiger partial charge in [0.1, 0.15) is 18.1 Å². The molecule has 0 radical (unpaired) electrons. The van der Waals surface area contributed by atoms with Crippen LogP contribution in [0.2, 0.25) is 0 Å². The van der Waals surface area contributed by atoms with Crippen LogP contribution in [0.15, 0.2) is 36.4 Å². The van der Waals surface area contributed by atoms with Crippen LogP contribution in [0.5, 0.6) is 11.5 Å². The van der Waals surface area contributed by atoms with E-state index < -0.39 is 0 Å². The van der Waals surface area contributed by atoms with Crippen molar-refractivity contribution in [2.45, 2.75) is 46.0 Å². The Labute approximate surface area is 174 Å². The monoisotopic (exact) mass is 395 g/mol. The molecule has 0 atom stereocenters. The predicted octanol–water partition coefficient (Wildman–Crippen LogP) is 5.52. The molecule has 0 aliphatic carbocycles. The van der Waals surface area contributed by atoms with Gasteiger partial charge >= 0.3 is 0 Å². The molecule has 0 bridgehead atoms. The van der Waals surface area contributed by atoms with E-state index in [-0.39, 0.29) is 5.78 Å². The highest BCUT2D eigenvalue weighted by molar-refractivity contribution is 5.97. The van der Waals surface area contributed by atoms with Gasteiger partial charge in [-0.1, -0.05) is 31.5 Å². The molecule has 2 aromatic rings. The number of methoxy groups -OCH3 is 1. The summed E-state index contributed by atoms with van der Waals surface area (Å²) >= 11 is 0. The van der Waals surface area contributed by atoms with Crippen molar-refractivity contribution in [3.05, 3.63) is 47.5 Å². The van der Waals surface area contributed by atoms with Crippen molar-refractivity contribution < 1.29 is 14.3 Å². The minimum atomic E-state index is 0.183. The summed E-state index contributed by atoms with van der Waals surface area (Å²) in [6.07, 6.45) is 5.36. The molecular formula is C25H33NO3. The van der Waals surface area contributed by atoms with E-state index >= 15 is 0 Å². The van der Waals surface area contributed by atoms with E-state index in [1.54, 1.807) is 7.11 Å². The predicted molar refractivity (Wildman–Crippen MR) is 118 cm³/mol. The van der Waals surface area contributed by atoms with Crippen LogP contribution in [0.1, 0.15) is 54.9 Å². The van der Waals surface area contributed by atoms with Gasteiger partial charge < -0.3 is 9.47 Å². The Balaban J connectivity index is 1.76. The number of hydrogen-bond donors (Lipinski definition) is 0. The van der Waals surface area contributed by atoms with Gasteiger partial charge in [0.25, 0.3) is 0 Å². The van der Waals surface area contributed by atoms with Gasteiger partial charge in [0.2, 0.25) is 0 Å². The van der Waals surface area contributed by atoms with Crippen molar-refractivity contribution in [1.29, 1.82) is 0 Å². The fraction of sp³-hybridized carbons (Fsp3) is 0.480. The summed E-state index contributed by atoms with van der Waals surface area (Å²) in [7, 11) is 1.68. The molecule has 0 N–H and O–H groups in total. The summed E-state index contributed by atoms with van der Waals surface area (Å²) in [4.78, 5) is 14.8. The Kier molecular flexibility index (Phi) is 7.70. The highest BCUT2D eigenvalue weighted by atomic mass is 16.5. The molecule has 2 aromatic carbocycles. The van der Waals surface area contributed by atoms with E-state index in [1.807, 2.05) is 37.3 Å². The zero-order valence-corrected chi connectivity index (χ0v) is 18.0. The number of nitrogens with zero attached hydrogens (tertiary/aromatic N) is 1. The van der Waals surface area contributed by atoms with Crippen molar-refractivity contribution in [1.82, 2.24) is 4.90 Å². The van der Waals surface area contributed by atoms with Crippen molar-refractivity contribution in [2.75, 3.05) is 33.4 Å². The van der Waals surface area contributed by atoms with Gasteiger partial charge in [0.15, 0.2) is 5.78 Å². The topological polar surface area (TPSA) is 38.8 Å². The third-order valence-corrected chi connectivity index (χ3v) is 5.58. The minimum Gasteiger partial charge on any atom is -0.496 e. The Bertz CT molecular complexity index is 825. The molecule has 29 heavy (non-hydrogen) atoms. The maximum Gasteiger partial charge on any atom is 0.162 e. The van der Waals surface area contributed by atoms with Crippen molar-refractivity contribution >= 4 is 5.78 Å². The fourth-order valence-electron chi connectivity index (χ4n) is 3.92. The first-order chi connectivity index (χ1) is 14.1. The maximum absolute atomic E-state index is 12.3. The van der Waals surface area contributed by atoms with Gasteiger partial charge in [0.05, 0.1) is 7.11 Å². The van der Waals surface area contributed by atoms with E-state index in [1.165, 1.54) is 32.4 Å². The lowest BCUT2D eigenvalue weighted by molar-refractivity contribution is 0.0982. The number of Topliss-reactive ketones (excluding diaryl/α,β-unsaturated/α-hetero) is 1. The van der Waals surface area contributed by atoms with Crippen LogP contribution >= 0.6 is 0 Å². The number of rotatable bonds is 9. The quantitative estimate of drug-likeness (QED) is 0.524. The SMILES string of the molecule is CCCC(=O)c1cccc(-c2cc(C)c(OCCN3CCCCC3)cc2OC)c1.